The third kappa shape index (κ3) is 4.64. The molecule has 0 spiro atoms. The number of halogens is 1. The van der Waals surface area contributed by atoms with Crippen molar-refractivity contribution in [2.45, 2.75) is 40.3 Å². The van der Waals surface area contributed by atoms with E-state index in [2.05, 4.69) is 59.4 Å². The number of rotatable bonds is 6. The molecule has 0 bridgehead atoms. The lowest BCUT2D eigenvalue weighted by molar-refractivity contribution is 0.228. The van der Waals surface area contributed by atoms with Crippen molar-refractivity contribution in [3.8, 4) is 11.5 Å². The Morgan fingerprint density at radius 3 is 2.43 bits per heavy atom. The highest BCUT2D eigenvalue weighted by molar-refractivity contribution is 9.10. The summed E-state index contributed by atoms with van der Waals surface area (Å²) in [6.45, 7) is 8.94. The van der Waals surface area contributed by atoms with E-state index in [4.69, 9.17) is 9.47 Å². The summed E-state index contributed by atoms with van der Waals surface area (Å²) in [5, 5.41) is 3.46. The van der Waals surface area contributed by atoms with Crippen LogP contribution in [0.5, 0.6) is 11.5 Å². The second-order valence-electron chi connectivity index (χ2n) is 5.92. The van der Waals surface area contributed by atoms with Crippen LogP contribution in [0.2, 0.25) is 0 Å². The van der Waals surface area contributed by atoms with Crippen LogP contribution in [0.1, 0.15) is 30.5 Å². The van der Waals surface area contributed by atoms with E-state index in [1.807, 2.05) is 19.9 Å². The Balaban J connectivity index is 2.26. The summed E-state index contributed by atoms with van der Waals surface area (Å²) >= 11 is 3.54. The van der Waals surface area contributed by atoms with Crippen molar-refractivity contribution in [1.29, 1.82) is 0 Å². The molecule has 0 unspecified atom stereocenters. The standard InChI is InChI=1S/C19H24BrNO2/c1-12(2)23-19-15(9-16(20)10-18(19)22-5)11-21-17-7-6-13(3)14(4)8-17/h6-10,12,21H,11H2,1-5H3. The SMILES string of the molecule is COc1cc(Br)cc(CNc2ccc(C)c(C)c2)c1OC(C)C. The van der Waals surface area contributed by atoms with E-state index in [1.54, 1.807) is 7.11 Å². The number of anilines is 1. The highest BCUT2D eigenvalue weighted by Gasteiger charge is 2.14. The van der Waals surface area contributed by atoms with E-state index in [-0.39, 0.29) is 6.10 Å². The molecule has 0 atom stereocenters. The lowest BCUT2D eigenvalue weighted by atomic mass is 10.1. The number of nitrogens with one attached hydrogen (secondary N) is 1. The summed E-state index contributed by atoms with van der Waals surface area (Å²) < 4.78 is 12.4. The number of benzene rings is 2. The molecule has 3 nitrogen and oxygen atoms in total. The van der Waals surface area contributed by atoms with Crippen LogP contribution in [0.15, 0.2) is 34.8 Å². The minimum absolute atomic E-state index is 0.0884. The second kappa shape index (κ2) is 7.73. The third-order valence-electron chi connectivity index (χ3n) is 3.66. The predicted molar refractivity (Wildman–Crippen MR) is 99.7 cm³/mol. The molecule has 0 saturated heterocycles. The number of ether oxygens (including phenoxy) is 2. The molecule has 0 saturated carbocycles. The monoisotopic (exact) mass is 377 g/mol. The first kappa shape index (κ1) is 17.7. The fourth-order valence-electron chi connectivity index (χ4n) is 2.32. The Morgan fingerprint density at radius 1 is 1.09 bits per heavy atom. The van der Waals surface area contributed by atoms with Gasteiger partial charge in [-0.3, -0.25) is 0 Å². The van der Waals surface area contributed by atoms with Crippen LogP contribution in [0.3, 0.4) is 0 Å². The summed E-state index contributed by atoms with van der Waals surface area (Å²) in [4.78, 5) is 0. The molecule has 23 heavy (non-hydrogen) atoms. The average Bonchev–Trinajstić information content (AvgIpc) is 2.49. The number of hydrogen-bond donors (Lipinski definition) is 1. The van der Waals surface area contributed by atoms with Crippen molar-refractivity contribution in [3.63, 3.8) is 0 Å². The summed E-state index contributed by atoms with van der Waals surface area (Å²) in [6.07, 6.45) is 0.0884. The molecule has 0 amide bonds. The van der Waals surface area contributed by atoms with Gasteiger partial charge in [-0.15, -0.1) is 0 Å². The first-order valence-corrected chi connectivity index (χ1v) is 8.54. The van der Waals surface area contributed by atoms with Gasteiger partial charge in [-0.2, -0.15) is 0 Å². The maximum Gasteiger partial charge on any atom is 0.166 e. The van der Waals surface area contributed by atoms with Crippen LogP contribution in [0.25, 0.3) is 0 Å². The fraction of sp³-hybridized carbons (Fsp3) is 0.368. The van der Waals surface area contributed by atoms with Gasteiger partial charge in [0.15, 0.2) is 11.5 Å². The van der Waals surface area contributed by atoms with Gasteiger partial charge in [0, 0.05) is 22.3 Å². The van der Waals surface area contributed by atoms with Gasteiger partial charge >= 0.3 is 0 Å². The highest BCUT2D eigenvalue weighted by Crippen LogP contribution is 2.36. The second-order valence-corrected chi connectivity index (χ2v) is 6.83. The Morgan fingerprint density at radius 2 is 1.83 bits per heavy atom. The van der Waals surface area contributed by atoms with E-state index < -0.39 is 0 Å². The van der Waals surface area contributed by atoms with E-state index in [1.165, 1.54) is 11.1 Å². The Hall–Kier alpha value is -1.68. The van der Waals surface area contributed by atoms with Gasteiger partial charge in [0.2, 0.25) is 0 Å². The minimum atomic E-state index is 0.0884. The summed E-state index contributed by atoms with van der Waals surface area (Å²) in [7, 11) is 1.66. The van der Waals surface area contributed by atoms with Crippen LogP contribution < -0.4 is 14.8 Å². The zero-order chi connectivity index (χ0) is 17.0. The van der Waals surface area contributed by atoms with Crippen molar-refractivity contribution in [3.05, 3.63) is 51.5 Å². The Bertz CT molecular complexity index is 683. The molecule has 0 fully saturated rings. The Labute approximate surface area is 147 Å². The van der Waals surface area contributed by atoms with Crippen molar-refractivity contribution < 1.29 is 9.47 Å². The molecule has 0 aliphatic carbocycles. The maximum atomic E-state index is 5.97. The number of hydrogen-bond acceptors (Lipinski definition) is 3. The molecule has 2 aromatic carbocycles. The van der Waals surface area contributed by atoms with Gasteiger partial charge in [-0.05, 0) is 63.1 Å². The molecule has 0 aromatic heterocycles. The molecule has 2 rings (SSSR count). The maximum absolute atomic E-state index is 5.97. The number of aryl methyl sites for hydroxylation is 2. The van der Waals surface area contributed by atoms with E-state index in [0.717, 1.165) is 27.2 Å². The summed E-state index contributed by atoms with van der Waals surface area (Å²) in [5.74, 6) is 1.53. The lowest BCUT2D eigenvalue weighted by Crippen LogP contribution is -2.11. The van der Waals surface area contributed by atoms with Crippen molar-refractivity contribution in [1.82, 2.24) is 0 Å². The molecular formula is C19H24BrNO2. The van der Waals surface area contributed by atoms with Crippen molar-refractivity contribution in [2.24, 2.45) is 0 Å². The lowest BCUT2D eigenvalue weighted by Gasteiger charge is -2.19. The van der Waals surface area contributed by atoms with Crippen LogP contribution >= 0.6 is 15.9 Å². The van der Waals surface area contributed by atoms with Crippen LogP contribution in [0.4, 0.5) is 5.69 Å². The summed E-state index contributed by atoms with van der Waals surface area (Å²) in [5.41, 5.74) is 4.73. The largest absolute Gasteiger partial charge is 0.493 e. The highest BCUT2D eigenvalue weighted by atomic mass is 79.9. The molecule has 0 heterocycles. The Kier molecular flexibility index (Phi) is 5.94. The molecule has 1 N–H and O–H groups in total. The predicted octanol–water partition coefficient (Wildman–Crippen LogP) is 5.47. The first-order chi connectivity index (χ1) is 10.9. The quantitative estimate of drug-likeness (QED) is 0.723. The van der Waals surface area contributed by atoms with Gasteiger partial charge in [0.05, 0.1) is 13.2 Å². The zero-order valence-electron chi connectivity index (χ0n) is 14.4. The molecule has 4 heteroatoms. The van der Waals surface area contributed by atoms with Gasteiger partial charge in [0.25, 0.3) is 0 Å². The van der Waals surface area contributed by atoms with E-state index in [9.17, 15) is 0 Å². The van der Waals surface area contributed by atoms with Gasteiger partial charge in [0.1, 0.15) is 0 Å². The molecular weight excluding hydrogens is 354 g/mol. The zero-order valence-corrected chi connectivity index (χ0v) is 16.0. The minimum Gasteiger partial charge on any atom is -0.493 e. The van der Waals surface area contributed by atoms with E-state index >= 15 is 0 Å². The normalized spacial score (nSPS) is 10.7. The van der Waals surface area contributed by atoms with Crippen molar-refractivity contribution in [2.75, 3.05) is 12.4 Å². The van der Waals surface area contributed by atoms with Crippen LogP contribution in [-0.2, 0) is 6.54 Å². The van der Waals surface area contributed by atoms with Crippen LogP contribution in [-0.4, -0.2) is 13.2 Å². The van der Waals surface area contributed by atoms with Crippen molar-refractivity contribution >= 4 is 21.6 Å². The summed E-state index contributed by atoms with van der Waals surface area (Å²) in [6, 6.07) is 10.4. The first-order valence-electron chi connectivity index (χ1n) is 7.75. The average molecular weight is 378 g/mol. The van der Waals surface area contributed by atoms with Gasteiger partial charge < -0.3 is 14.8 Å². The molecule has 124 valence electrons. The van der Waals surface area contributed by atoms with Gasteiger partial charge in [-0.25, -0.2) is 0 Å². The molecule has 0 aliphatic rings. The fourth-order valence-corrected chi connectivity index (χ4v) is 2.81. The number of methoxy groups -OCH3 is 1. The molecule has 0 aliphatic heterocycles. The van der Waals surface area contributed by atoms with Gasteiger partial charge in [-0.1, -0.05) is 22.0 Å². The topological polar surface area (TPSA) is 30.5 Å². The third-order valence-corrected chi connectivity index (χ3v) is 4.12. The smallest absolute Gasteiger partial charge is 0.166 e. The molecule has 0 radical (unpaired) electrons. The molecule has 2 aromatic rings. The van der Waals surface area contributed by atoms with Crippen LogP contribution in [0, 0.1) is 13.8 Å². The van der Waals surface area contributed by atoms with E-state index in [0.29, 0.717) is 6.54 Å².